The molecule has 0 spiro atoms. The maximum atomic E-state index is 6.44. The lowest BCUT2D eigenvalue weighted by atomic mass is 10.1. The summed E-state index contributed by atoms with van der Waals surface area (Å²) in [5.41, 5.74) is 2.98. The second-order valence-electron chi connectivity index (χ2n) is 6.89. The van der Waals surface area contributed by atoms with E-state index in [4.69, 9.17) is 26.1 Å². The minimum atomic E-state index is 0.700. The summed E-state index contributed by atoms with van der Waals surface area (Å²) in [5, 5.41) is 5.12. The van der Waals surface area contributed by atoms with Crippen molar-refractivity contribution in [2.24, 2.45) is 0 Å². The molecular weight excluding hydrogens is 420 g/mol. The van der Waals surface area contributed by atoms with Crippen LogP contribution in [0.2, 0.25) is 5.02 Å². The Morgan fingerprint density at radius 3 is 2.67 bits per heavy atom. The van der Waals surface area contributed by atoms with E-state index in [1.807, 2.05) is 24.3 Å². The highest BCUT2D eigenvalue weighted by molar-refractivity contribution is 7.25. The Morgan fingerprint density at radius 1 is 1.07 bits per heavy atom. The molecule has 0 aliphatic carbocycles. The first-order chi connectivity index (χ1) is 14.6. The second kappa shape index (κ2) is 9.02. The van der Waals surface area contributed by atoms with Crippen molar-refractivity contribution < 1.29 is 9.47 Å². The zero-order valence-corrected chi connectivity index (χ0v) is 18.7. The molecular formula is C22H23ClN4O2S. The average molecular weight is 443 g/mol. The van der Waals surface area contributed by atoms with Gasteiger partial charge in [-0.3, -0.25) is 0 Å². The van der Waals surface area contributed by atoms with Crippen LogP contribution in [-0.4, -0.2) is 35.7 Å². The molecule has 0 atom stereocenters. The molecule has 0 saturated carbocycles. The maximum Gasteiger partial charge on any atom is 0.160 e. The molecule has 1 N–H and O–H groups in total. The molecule has 0 saturated heterocycles. The number of anilines is 1. The van der Waals surface area contributed by atoms with Crippen molar-refractivity contribution in [3.63, 3.8) is 0 Å². The van der Waals surface area contributed by atoms with E-state index in [2.05, 4.69) is 22.2 Å². The number of fused-ring (bicyclic) bond motifs is 3. The standard InChI is InChI=1S/C22H23ClN4O2S/c1-4-5-16-15(23)11-14-19-20(30-22(14)27-16)21(26-12-25-19)24-9-8-13-6-7-17(28-2)18(10-13)29-3/h6-7,10-12H,4-5,8-9H2,1-3H3,(H,24,25,26). The van der Waals surface area contributed by atoms with Gasteiger partial charge in [-0.2, -0.15) is 0 Å². The van der Waals surface area contributed by atoms with Gasteiger partial charge in [-0.05, 0) is 36.6 Å². The third kappa shape index (κ3) is 4.00. The number of aryl methyl sites for hydroxylation is 1. The van der Waals surface area contributed by atoms with Gasteiger partial charge in [0.05, 0.1) is 35.2 Å². The maximum absolute atomic E-state index is 6.44. The highest BCUT2D eigenvalue weighted by atomic mass is 35.5. The van der Waals surface area contributed by atoms with E-state index >= 15 is 0 Å². The van der Waals surface area contributed by atoms with Crippen molar-refractivity contribution in [1.29, 1.82) is 0 Å². The number of pyridine rings is 1. The van der Waals surface area contributed by atoms with E-state index in [1.54, 1.807) is 31.9 Å². The average Bonchev–Trinajstić information content (AvgIpc) is 3.12. The Balaban J connectivity index is 1.57. The first-order valence-electron chi connectivity index (χ1n) is 9.82. The Hall–Kier alpha value is -2.64. The largest absolute Gasteiger partial charge is 0.493 e. The highest BCUT2D eigenvalue weighted by Crippen LogP contribution is 2.37. The van der Waals surface area contributed by atoms with Crippen molar-refractivity contribution in [2.45, 2.75) is 26.2 Å². The van der Waals surface area contributed by atoms with Crippen molar-refractivity contribution in [2.75, 3.05) is 26.1 Å². The van der Waals surface area contributed by atoms with Crippen molar-refractivity contribution in [3.8, 4) is 11.5 Å². The molecule has 0 fully saturated rings. The zero-order valence-electron chi connectivity index (χ0n) is 17.2. The molecule has 0 aliphatic heterocycles. The minimum Gasteiger partial charge on any atom is -0.493 e. The smallest absolute Gasteiger partial charge is 0.160 e. The van der Waals surface area contributed by atoms with E-state index in [9.17, 15) is 0 Å². The van der Waals surface area contributed by atoms with Crippen LogP contribution in [0.3, 0.4) is 0 Å². The van der Waals surface area contributed by atoms with Crippen LogP contribution in [-0.2, 0) is 12.8 Å². The van der Waals surface area contributed by atoms with Crippen LogP contribution < -0.4 is 14.8 Å². The van der Waals surface area contributed by atoms with E-state index in [0.717, 1.165) is 74.8 Å². The van der Waals surface area contributed by atoms with Gasteiger partial charge in [0.15, 0.2) is 11.5 Å². The summed E-state index contributed by atoms with van der Waals surface area (Å²) in [7, 11) is 3.28. The first-order valence-corrected chi connectivity index (χ1v) is 11.0. The normalized spacial score (nSPS) is 11.2. The molecule has 0 radical (unpaired) electrons. The Kier molecular flexibility index (Phi) is 6.20. The molecule has 6 nitrogen and oxygen atoms in total. The molecule has 30 heavy (non-hydrogen) atoms. The third-order valence-corrected chi connectivity index (χ3v) is 6.33. The van der Waals surface area contributed by atoms with E-state index in [-0.39, 0.29) is 0 Å². The number of hydrogen-bond acceptors (Lipinski definition) is 7. The van der Waals surface area contributed by atoms with Crippen molar-refractivity contribution in [1.82, 2.24) is 15.0 Å². The van der Waals surface area contributed by atoms with Crippen LogP contribution in [0.25, 0.3) is 20.4 Å². The summed E-state index contributed by atoms with van der Waals surface area (Å²) < 4.78 is 11.7. The molecule has 4 aromatic rings. The molecule has 0 aliphatic rings. The molecule has 4 rings (SSSR count). The SMILES string of the molecule is CCCc1nc2sc3c(NCCc4ccc(OC)c(OC)c4)ncnc3c2cc1Cl. The summed E-state index contributed by atoms with van der Waals surface area (Å²) in [4.78, 5) is 14.7. The summed E-state index contributed by atoms with van der Waals surface area (Å²) in [6.07, 6.45) is 4.28. The molecule has 0 unspecified atom stereocenters. The van der Waals surface area contributed by atoms with Gasteiger partial charge in [0, 0.05) is 11.9 Å². The van der Waals surface area contributed by atoms with Gasteiger partial charge in [0.2, 0.25) is 0 Å². The molecule has 156 valence electrons. The van der Waals surface area contributed by atoms with Crippen LogP contribution in [0.15, 0.2) is 30.6 Å². The summed E-state index contributed by atoms with van der Waals surface area (Å²) in [6, 6.07) is 7.94. The lowest BCUT2D eigenvalue weighted by molar-refractivity contribution is 0.354. The van der Waals surface area contributed by atoms with Crippen LogP contribution in [0, 0.1) is 0 Å². The first kappa shape index (κ1) is 20.6. The van der Waals surface area contributed by atoms with Gasteiger partial charge in [-0.1, -0.05) is 31.0 Å². The fourth-order valence-corrected chi connectivity index (χ4v) is 4.76. The zero-order chi connectivity index (χ0) is 21.1. The van der Waals surface area contributed by atoms with Gasteiger partial charge in [-0.25, -0.2) is 15.0 Å². The van der Waals surface area contributed by atoms with Crippen molar-refractivity contribution >= 4 is 49.2 Å². The fraction of sp³-hybridized carbons (Fsp3) is 0.318. The molecule has 1 aromatic carbocycles. The number of ether oxygens (including phenoxy) is 2. The summed E-state index contributed by atoms with van der Waals surface area (Å²) >= 11 is 8.04. The minimum absolute atomic E-state index is 0.700. The van der Waals surface area contributed by atoms with Crippen LogP contribution >= 0.6 is 22.9 Å². The highest BCUT2D eigenvalue weighted by Gasteiger charge is 2.15. The van der Waals surface area contributed by atoms with Gasteiger partial charge < -0.3 is 14.8 Å². The number of hydrogen-bond donors (Lipinski definition) is 1. The monoisotopic (exact) mass is 442 g/mol. The number of halogens is 1. The number of nitrogens with one attached hydrogen (secondary N) is 1. The Bertz CT molecular complexity index is 1190. The predicted molar refractivity (Wildman–Crippen MR) is 123 cm³/mol. The van der Waals surface area contributed by atoms with E-state index < -0.39 is 0 Å². The predicted octanol–water partition coefficient (Wildman–Crippen LogP) is 5.52. The second-order valence-corrected chi connectivity index (χ2v) is 8.29. The van der Waals surface area contributed by atoms with Gasteiger partial charge >= 0.3 is 0 Å². The third-order valence-electron chi connectivity index (χ3n) is 4.91. The summed E-state index contributed by atoms with van der Waals surface area (Å²) in [6.45, 7) is 2.85. The van der Waals surface area contributed by atoms with Crippen molar-refractivity contribution in [3.05, 3.63) is 46.9 Å². The number of aromatic nitrogens is 3. The molecule has 8 heteroatoms. The summed E-state index contributed by atoms with van der Waals surface area (Å²) in [5.74, 6) is 2.28. The molecule has 0 bridgehead atoms. The van der Waals surface area contributed by atoms with E-state index in [1.165, 1.54) is 0 Å². The number of benzene rings is 1. The molecule has 3 aromatic heterocycles. The number of methoxy groups -OCH3 is 2. The lowest BCUT2D eigenvalue weighted by Crippen LogP contribution is -2.06. The molecule has 3 heterocycles. The van der Waals surface area contributed by atoms with Crippen LogP contribution in [0.4, 0.5) is 5.82 Å². The topological polar surface area (TPSA) is 69.2 Å². The van der Waals surface area contributed by atoms with Crippen LogP contribution in [0.1, 0.15) is 24.6 Å². The van der Waals surface area contributed by atoms with Crippen LogP contribution in [0.5, 0.6) is 11.5 Å². The quantitative estimate of drug-likeness (QED) is 0.387. The number of rotatable bonds is 8. The Labute approximate surface area is 184 Å². The van der Waals surface area contributed by atoms with Gasteiger partial charge in [0.25, 0.3) is 0 Å². The molecule has 0 amide bonds. The Morgan fingerprint density at radius 2 is 1.90 bits per heavy atom. The number of nitrogens with zero attached hydrogens (tertiary/aromatic N) is 3. The van der Waals surface area contributed by atoms with Gasteiger partial charge in [0.1, 0.15) is 17.0 Å². The van der Waals surface area contributed by atoms with E-state index in [0.29, 0.717) is 5.02 Å². The van der Waals surface area contributed by atoms with Gasteiger partial charge in [-0.15, -0.1) is 11.3 Å². The fourth-order valence-electron chi connectivity index (χ4n) is 3.41. The number of thiophene rings is 1. The lowest BCUT2D eigenvalue weighted by Gasteiger charge is -2.10.